The summed E-state index contributed by atoms with van der Waals surface area (Å²) >= 11 is 0. The third-order valence-electron chi connectivity index (χ3n) is 6.38. The van der Waals surface area contributed by atoms with Gasteiger partial charge in [0.2, 0.25) is 0 Å². The van der Waals surface area contributed by atoms with Crippen LogP contribution >= 0.6 is 0 Å². The number of hydrogen-bond acceptors (Lipinski definition) is 7. The molecule has 2 aliphatic heterocycles. The van der Waals surface area contributed by atoms with Crippen LogP contribution in [0.5, 0.6) is 0 Å². The standard InChI is InChI=1S/C27H26N8/c1-3-7-21(8-4-1)22-11-12-26-23(17-22)19-34(16-15-33(26)20-24-18-28-13-14-29-24)27-30-31-32-35(27)25-9-5-2-6-10-25/h1-13,17-18,29H,14-16,19-20H2. The van der Waals surface area contributed by atoms with Crippen molar-refractivity contribution in [2.45, 2.75) is 6.54 Å². The van der Waals surface area contributed by atoms with E-state index in [0.717, 1.165) is 43.5 Å². The molecule has 0 saturated carbocycles. The molecule has 8 heteroatoms. The van der Waals surface area contributed by atoms with Crippen molar-refractivity contribution in [1.82, 2.24) is 25.5 Å². The van der Waals surface area contributed by atoms with Crippen molar-refractivity contribution in [3.63, 3.8) is 0 Å². The molecular weight excluding hydrogens is 436 g/mol. The highest BCUT2D eigenvalue weighted by Gasteiger charge is 2.25. The molecule has 0 amide bonds. The minimum Gasteiger partial charge on any atom is -0.381 e. The maximum atomic E-state index is 4.42. The summed E-state index contributed by atoms with van der Waals surface area (Å²) in [6.07, 6.45) is 3.80. The minimum absolute atomic E-state index is 0.713. The van der Waals surface area contributed by atoms with Gasteiger partial charge in [-0.2, -0.15) is 4.68 Å². The Balaban J connectivity index is 1.38. The van der Waals surface area contributed by atoms with Gasteiger partial charge in [-0.1, -0.05) is 59.7 Å². The lowest BCUT2D eigenvalue weighted by Gasteiger charge is -2.27. The zero-order valence-electron chi connectivity index (χ0n) is 19.3. The van der Waals surface area contributed by atoms with E-state index in [0.29, 0.717) is 6.54 Å². The van der Waals surface area contributed by atoms with Gasteiger partial charge < -0.3 is 15.1 Å². The van der Waals surface area contributed by atoms with Crippen LogP contribution in [0.1, 0.15) is 5.56 Å². The molecule has 3 heterocycles. The van der Waals surface area contributed by atoms with E-state index in [1.165, 1.54) is 22.4 Å². The quantitative estimate of drug-likeness (QED) is 0.488. The maximum Gasteiger partial charge on any atom is 0.250 e. The molecule has 0 spiro atoms. The van der Waals surface area contributed by atoms with Crippen molar-refractivity contribution in [2.75, 3.05) is 36.0 Å². The highest BCUT2D eigenvalue weighted by Crippen LogP contribution is 2.32. The van der Waals surface area contributed by atoms with Gasteiger partial charge in [0.1, 0.15) is 0 Å². The number of anilines is 2. The number of benzene rings is 3. The minimum atomic E-state index is 0.713. The van der Waals surface area contributed by atoms with Gasteiger partial charge in [-0.05, 0) is 51.4 Å². The molecule has 35 heavy (non-hydrogen) atoms. The van der Waals surface area contributed by atoms with Crippen LogP contribution in [0.15, 0.2) is 95.8 Å². The number of nitrogens with one attached hydrogen (secondary N) is 1. The van der Waals surface area contributed by atoms with E-state index in [1.54, 1.807) is 0 Å². The number of rotatable bonds is 5. The molecule has 6 rings (SSSR count). The largest absolute Gasteiger partial charge is 0.381 e. The van der Waals surface area contributed by atoms with Crippen LogP contribution in [0.4, 0.5) is 11.6 Å². The molecule has 3 aromatic carbocycles. The normalized spacial score (nSPS) is 15.3. The first-order chi connectivity index (χ1) is 17.3. The Labute approximate surface area is 204 Å². The summed E-state index contributed by atoms with van der Waals surface area (Å²) in [7, 11) is 0. The van der Waals surface area contributed by atoms with Crippen LogP contribution in [0, 0.1) is 0 Å². The predicted molar refractivity (Wildman–Crippen MR) is 139 cm³/mol. The van der Waals surface area contributed by atoms with Gasteiger partial charge in [0.25, 0.3) is 5.95 Å². The highest BCUT2D eigenvalue weighted by molar-refractivity contribution is 5.70. The van der Waals surface area contributed by atoms with Gasteiger partial charge in [-0.25, -0.2) is 0 Å². The second kappa shape index (κ2) is 9.42. The SMILES string of the molecule is C1=NC=C(CN2CCN(c3nnnn3-c3ccccc3)Cc3cc(-c4ccccc4)ccc32)NC1. The molecule has 0 unspecified atom stereocenters. The number of tetrazole rings is 1. The van der Waals surface area contributed by atoms with Crippen LogP contribution < -0.4 is 15.1 Å². The first-order valence-electron chi connectivity index (χ1n) is 11.8. The Hall–Kier alpha value is -4.46. The number of aromatic nitrogens is 4. The fraction of sp³-hybridized carbons (Fsp3) is 0.185. The topological polar surface area (TPSA) is 74.5 Å². The molecule has 0 bridgehead atoms. The van der Waals surface area contributed by atoms with Gasteiger partial charge in [-0.3, -0.25) is 4.99 Å². The van der Waals surface area contributed by atoms with E-state index in [-0.39, 0.29) is 0 Å². The Morgan fingerprint density at radius 1 is 0.857 bits per heavy atom. The number of nitrogens with zero attached hydrogens (tertiary/aromatic N) is 7. The molecular formula is C27H26N8. The molecule has 0 aliphatic carbocycles. The summed E-state index contributed by atoms with van der Waals surface area (Å²) in [5.41, 5.74) is 6.94. The molecule has 0 saturated heterocycles. The average Bonchev–Trinajstić information content (AvgIpc) is 3.35. The summed E-state index contributed by atoms with van der Waals surface area (Å²) in [6.45, 7) is 3.87. The number of para-hydroxylation sites is 1. The molecule has 1 aromatic heterocycles. The second-order valence-corrected chi connectivity index (χ2v) is 8.65. The fourth-order valence-corrected chi connectivity index (χ4v) is 4.65. The first kappa shape index (κ1) is 21.1. The summed E-state index contributed by atoms with van der Waals surface area (Å²) in [5, 5.41) is 16.2. The van der Waals surface area contributed by atoms with Crippen LogP contribution in [0.2, 0.25) is 0 Å². The van der Waals surface area contributed by atoms with E-state index in [4.69, 9.17) is 0 Å². The van der Waals surface area contributed by atoms with Crippen molar-refractivity contribution >= 4 is 17.9 Å². The van der Waals surface area contributed by atoms with Gasteiger partial charge in [0, 0.05) is 43.4 Å². The Kier molecular flexibility index (Phi) is 5.68. The second-order valence-electron chi connectivity index (χ2n) is 8.65. The van der Waals surface area contributed by atoms with Gasteiger partial charge in [0.05, 0.1) is 18.8 Å². The Morgan fingerprint density at radius 3 is 2.49 bits per heavy atom. The number of hydrogen-bond donors (Lipinski definition) is 1. The van der Waals surface area contributed by atoms with Crippen molar-refractivity contribution in [3.05, 3.63) is 96.3 Å². The van der Waals surface area contributed by atoms with E-state index < -0.39 is 0 Å². The summed E-state index contributed by atoms with van der Waals surface area (Å²) in [5.74, 6) is 0.744. The summed E-state index contributed by atoms with van der Waals surface area (Å²) < 4.78 is 1.82. The molecule has 174 valence electrons. The zero-order chi connectivity index (χ0) is 23.5. The molecule has 0 atom stereocenters. The van der Waals surface area contributed by atoms with Crippen molar-refractivity contribution in [2.24, 2.45) is 4.99 Å². The summed E-state index contributed by atoms with van der Waals surface area (Å²) in [6, 6.07) is 27.3. The zero-order valence-corrected chi connectivity index (χ0v) is 19.3. The number of fused-ring (bicyclic) bond motifs is 1. The van der Waals surface area contributed by atoms with Gasteiger partial charge in [-0.15, -0.1) is 0 Å². The smallest absolute Gasteiger partial charge is 0.250 e. The van der Waals surface area contributed by atoms with Crippen molar-refractivity contribution in [3.8, 4) is 16.8 Å². The van der Waals surface area contributed by atoms with Crippen LogP contribution in [-0.2, 0) is 6.54 Å². The monoisotopic (exact) mass is 462 g/mol. The Morgan fingerprint density at radius 2 is 1.69 bits per heavy atom. The van der Waals surface area contributed by atoms with Gasteiger partial charge in [0.15, 0.2) is 0 Å². The first-order valence-corrected chi connectivity index (χ1v) is 11.8. The highest BCUT2D eigenvalue weighted by atomic mass is 15.6. The van der Waals surface area contributed by atoms with Crippen LogP contribution in [-0.4, -0.2) is 52.6 Å². The lowest BCUT2D eigenvalue weighted by Crippen LogP contribution is -2.36. The lowest BCUT2D eigenvalue weighted by molar-refractivity contribution is 0.718. The molecule has 0 fully saturated rings. The van der Waals surface area contributed by atoms with Crippen LogP contribution in [0.3, 0.4) is 0 Å². The Bertz CT molecular complexity index is 1360. The third kappa shape index (κ3) is 4.38. The summed E-state index contributed by atoms with van der Waals surface area (Å²) in [4.78, 5) is 9.02. The average molecular weight is 463 g/mol. The van der Waals surface area contributed by atoms with E-state index in [2.05, 4.69) is 78.1 Å². The van der Waals surface area contributed by atoms with Crippen molar-refractivity contribution < 1.29 is 0 Å². The van der Waals surface area contributed by atoms with Crippen molar-refractivity contribution in [1.29, 1.82) is 0 Å². The molecule has 1 N–H and O–H groups in total. The molecule has 8 nitrogen and oxygen atoms in total. The lowest BCUT2D eigenvalue weighted by atomic mass is 10.0. The fourth-order valence-electron chi connectivity index (χ4n) is 4.65. The molecule has 2 aliphatic rings. The van der Waals surface area contributed by atoms with E-state index >= 15 is 0 Å². The third-order valence-corrected chi connectivity index (χ3v) is 6.38. The van der Waals surface area contributed by atoms with Crippen LogP contribution in [0.25, 0.3) is 16.8 Å². The van der Waals surface area contributed by atoms with E-state index in [1.807, 2.05) is 53.5 Å². The van der Waals surface area contributed by atoms with E-state index in [9.17, 15) is 0 Å². The van der Waals surface area contributed by atoms with Gasteiger partial charge >= 0.3 is 0 Å². The molecule has 4 aromatic rings. The maximum absolute atomic E-state index is 4.42. The molecule has 0 radical (unpaired) electrons. The predicted octanol–water partition coefficient (Wildman–Crippen LogP) is 3.67. The number of aliphatic imine (C=N–C) groups is 1.